The molecule has 2 aromatic carbocycles. The van der Waals surface area contributed by atoms with E-state index in [1.165, 1.54) is 18.2 Å². The SMILES string of the molecule is O=C(COc1ccc([N+](=O)[O-])cc1Cl)N1CCN(Cc2ccc3c(c2)OCO3)CC1. The number of piperazine rings is 1. The second-order valence-corrected chi connectivity index (χ2v) is 7.41. The average Bonchev–Trinajstić information content (AvgIpc) is 3.21. The number of rotatable bonds is 6. The highest BCUT2D eigenvalue weighted by atomic mass is 35.5. The minimum atomic E-state index is -0.538. The van der Waals surface area contributed by atoms with Gasteiger partial charge < -0.3 is 19.1 Å². The summed E-state index contributed by atoms with van der Waals surface area (Å²) in [5.41, 5.74) is 1.01. The molecular formula is C20H20ClN3O6. The van der Waals surface area contributed by atoms with E-state index in [4.69, 9.17) is 25.8 Å². The molecule has 1 saturated heterocycles. The van der Waals surface area contributed by atoms with Crippen molar-refractivity contribution in [1.29, 1.82) is 0 Å². The van der Waals surface area contributed by atoms with Gasteiger partial charge in [0.25, 0.3) is 11.6 Å². The maximum atomic E-state index is 12.5. The number of nitrogens with zero attached hydrogens (tertiary/aromatic N) is 3. The van der Waals surface area contributed by atoms with Gasteiger partial charge in [0.05, 0.1) is 9.95 Å². The lowest BCUT2D eigenvalue weighted by atomic mass is 10.1. The summed E-state index contributed by atoms with van der Waals surface area (Å²) in [6.45, 7) is 3.55. The molecular weight excluding hydrogens is 414 g/mol. The fraction of sp³-hybridized carbons (Fsp3) is 0.350. The Bertz CT molecular complexity index is 962. The van der Waals surface area contributed by atoms with Crippen molar-refractivity contribution in [2.24, 2.45) is 0 Å². The first-order valence-electron chi connectivity index (χ1n) is 9.45. The molecule has 4 rings (SSSR count). The lowest BCUT2D eigenvalue weighted by Gasteiger charge is -2.34. The van der Waals surface area contributed by atoms with Gasteiger partial charge in [-0.3, -0.25) is 19.8 Å². The maximum absolute atomic E-state index is 12.5. The van der Waals surface area contributed by atoms with Gasteiger partial charge in [-0.15, -0.1) is 0 Å². The molecule has 158 valence electrons. The van der Waals surface area contributed by atoms with Crippen LogP contribution < -0.4 is 14.2 Å². The molecule has 0 radical (unpaired) electrons. The summed E-state index contributed by atoms with van der Waals surface area (Å²) in [5.74, 6) is 1.63. The van der Waals surface area contributed by atoms with E-state index < -0.39 is 4.92 Å². The lowest BCUT2D eigenvalue weighted by molar-refractivity contribution is -0.384. The van der Waals surface area contributed by atoms with Crippen LogP contribution in [-0.2, 0) is 11.3 Å². The maximum Gasteiger partial charge on any atom is 0.271 e. The zero-order valence-electron chi connectivity index (χ0n) is 16.1. The molecule has 1 amide bonds. The normalized spacial score (nSPS) is 15.8. The van der Waals surface area contributed by atoms with E-state index in [2.05, 4.69) is 4.90 Å². The third kappa shape index (κ3) is 4.58. The van der Waals surface area contributed by atoms with Crippen LogP contribution in [0.4, 0.5) is 5.69 Å². The highest BCUT2D eigenvalue weighted by molar-refractivity contribution is 6.32. The van der Waals surface area contributed by atoms with Gasteiger partial charge in [0.1, 0.15) is 5.75 Å². The number of halogens is 1. The van der Waals surface area contributed by atoms with Crippen LogP contribution >= 0.6 is 11.6 Å². The molecule has 0 atom stereocenters. The summed E-state index contributed by atoms with van der Waals surface area (Å²) in [7, 11) is 0. The quantitative estimate of drug-likeness (QED) is 0.510. The number of carbonyl (C=O) groups excluding carboxylic acids is 1. The number of non-ortho nitro benzene ring substituents is 1. The van der Waals surface area contributed by atoms with Gasteiger partial charge in [0.15, 0.2) is 18.1 Å². The molecule has 0 saturated carbocycles. The summed E-state index contributed by atoms with van der Waals surface area (Å²) in [4.78, 5) is 26.7. The Balaban J connectivity index is 1.25. The smallest absolute Gasteiger partial charge is 0.271 e. The first kappa shape index (κ1) is 20.2. The minimum absolute atomic E-state index is 0.102. The van der Waals surface area contributed by atoms with E-state index in [0.29, 0.717) is 13.1 Å². The highest BCUT2D eigenvalue weighted by Gasteiger charge is 2.23. The molecule has 30 heavy (non-hydrogen) atoms. The van der Waals surface area contributed by atoms with Crippen molar-refractivity contribution < 1.29 is 23.9 Å². The molecule has 2 aliphatic heterocycles. The van der Waals surface area contributed by atoms with Gasteiger partial charge in [-0.25, -0.2) is 0 Å². The molecule has 2 aromatic rings. The van der Waals surface area contributed by atoms with E-state index in [0.717, 1.165) is 36.7 Å². The van der Waals surface area contributed by atoms with Gasteiger partial charge in [-0.05, 0) is 23.8 Å². The van der Waals surface area contributed by atoms with Gasteiger partial charge in [-0.1, -0.05) is 17.7 Å². The molecule has 10 heteroatoms. The molecule has 0 aromatic heterocycles. The van der Waals surface area contributed by atoms with Crippen LogP contribution in [0.1, 0.15) is 5.56 Å². The number of benzene rings is 2. The van der Waals surface area contributed by atoms with Crippen LogP contribution in [0, 0.1) is 10.1 Å². The second kappa shape index (κ2) is 8.76. The van der Waals surface area contributed by atoms with E-state index in [-0.39, 0.29) is 35.8 Å². The molecule has 9 nitrogen and oxygen atoms in total. The van der Waals surface area contributed by atoms with Crippen LogP contribution in [0.15, 0.2) is 36.4 Å². The Morgan fingerprint density at radius 1 is 1.10 bits per heavy atom. The molecule has 2 heterocycles. The Morgan fingerprint density at radius 2 is 1.87 bits per heavy atom. The Morgan fingerprint density at radius 3 is 2.60 bits per heavy atom. The summed E-state index contributed by atoms with van der Waals surface area (Å²) >= 11 is 6.00. The largest absolute Gasteiger partial charge is 0.482 e. The molecule has 0 unspecified atom stereocenters. The number of ether oxygens (including phenoxy) is 3. The van der Waals surface area contributed by atoms with E-state index >= 15 is 0 Å². The molecule has 2 aliphatic rings. The molecule has 0 bridgehead atoms. The van der Waals surface area contributed by atoms with Crippen LogP contribution in [-0.4, -0.2) is 60.2 Å². The van der Waals surface area contributed by atoms with Crippen LogP contribution in [0.3, 0.4) is 0 Å². The summed E-state index contributed by atoms with van der Waals surface area (Å²) in [5, 5.41) is 10.9. The topological polar surface area (TPSA) is 94.4 Å². The van der Waals surface area contributed by atoms with Gasteiger partial charge >= 0.3 is 0 Å². The number of nitro benzene ring substituents is 1. The summed E-state index contributed by atoms with van der Waals surface area (Å²) in [6.07, 6.45) is 0. The number of nitro groups is 1. The van der Waals surface area contributed by atoms with Crippen molar-refractivity contribution in [2.45, 2.75) is 6.54 Å². The van der Waals surface area contributed by atoms with E-state index in [1.807, 2.05) is 18.2 Å². The fourth-order valence-corrected chi connectivity index (χ4v) is 3.63. The number of hydrogen-bond donors (Lipinski definition) is 0. The monoisotopic (exact) mass is 433 g/mol. The minimum Gasteiger partial charge on any atom is -0.482 e. The van der Waals surface area contributed by atoms with Gasteiger partial charge in [-0.2, -0.15) is 0 Å². The fourth-order valence-electron chi connectivity index (χ4n) is 3.40. The third-order valence-corrected chi connectivity index (χ3v) is 5.34. The van der Waals surface area contributed by atoms with Gasteiger partial charge in [0.2, 0.25) is 6.79 Å². The standard InChI is InChI=1S/C20H20ClN3O6/c21-16-10-15(24(26)27)2-4-17(16)28-12-20(25)23-7-5-22(6-8-23)11-14-1-3-18-19(9-14)30-13-29-18/h1-4,9-10H,5-8,11-13H2. The average molecular weight is 434 g/mol. The lowest BCUT2D eigenvalue weighted by Crippen LogP contribution is -2.49. The summed E-state index contributed by atoms with van der Waals surface area (Å²) < 4.78 is 16.2. The number of fused-ring (bicyclic) bond motifs is 1. The van der Waals surface area contributed by atoms with Crippen molar-refractivity contribution in [2.75, 3.05) is 39.6 Å². The highest BCUT2D eigenvalue weighted by Crippen LogP contribution is 2.33. The van der Waals surface area contributed by atoms with Crippen molar-refractivity contribution >= 4 is 23.2 Å². The van der Waals surface area contributed by atoms with Crippen LogP contribution in [0.25, 0.3) is 0 Å². The molecule has 0 spiro atoms. The van der Waals surface area contributed by atoms with Crippen molar-refractivity contribution in [1.82, 2.24) is 9.80 Å². The van der Waals surface area contributed by atoms with Crippen LogP contribution in [0.2, 0.25) is 5.02 Å². The van der Waals surface area contributed by atoms with E-state index in [9.17, 15) is 14.9 Å². The molecule has 1 fully saturated rings. The number of amides is 1. The van der Waals surface area contributed by atoms with Crippen LogP contribution in [0.5, 0.6) is 17.2 Å². The predicted octanol–water partition coefficient (Wildman–Crippen LogP) is 2.70. The molecule has 0 N–H and O–H groups in total. The van der Waals surface area contributed by atoms with Crippen molar-refractivity contribution in [3.63, 3.8) is 0 Å². The van der Waals surface area contributed by atoms with E-state index in [1.54, 1.807) is 4.90 Å². The Kier molecular flexibility index (Phi) is 5.91. The summed E-state index contributed by atoms with van der Waals surface area (Å²) in [6, 6.07) is 9.82. The Hall–Kier alpha value is -3.04. The first-order valence-corrected chi connectivity index (χ1v) is 9.83. The molecule has 0 aliphatic carbocycles. The van der Waals surface area contributed by atoms with Crippen molar-refractivity contribution in [3.8, 4) is 17.2 Å². The zero-order valence-corrected chi connectivity index (χ0v) is 16.8. The van der Waals surface area contributed by atoms with Crippen molar-refractivity contribution in [3.05, 3.63) is 57.1 Å². The third-order valence-electron chi connectivity index (χ3n) is 5.05. The predicted molar refractivity (Wildman–Crippen MR) is 108 cm³/mol. The second-order valence-electron chi connectivity index (χ2n) is 7.01. The first-order chi connectivity index (χ1) is 14.5. The van der Waals surface area contributed by atoms with Gasteiger partial charge in [0, 0.05) is 44.9 Å². The zero-order chi connectivity index (χ0) is 21.1. The number of hydrogen-bond acceptors (Lipinski definition) is 7. The Labute approximate surface area is 177 Å². The number of carbonyl (C=O) groups is 1.